The Balaban J connectivity index is 2.01. The van der Waals surface area contributed by atoms with Gasteiger partial charge in [0.15, 0.2) is 0 Å². The van der Waals surface area contributed by atoms with E-state index < -0.39 is 38.5 Å². The van der Waals surface area contributed by atoms with Crippen LogP contribution >= 0.6 is 0 Å². The number of ether oxygens (including phenoxy) is 1. The molecule has 1 saturated heterocycles. The topological polar surface area (TPSA) is 95.7 Å². The van der Waals surface area contributed by atoms with Crippen LogP contribution in [-0.2, 0) is 19.0 Å². The lowest BCUT2D eigenvalue weighted by Gasteiger charge is -2.16. The number of non-ortho nitro benzene ring substituents is 1. The van der Waals surface area contributed by atoms with E-state index in [1.807, 2.05) is 0 Å². The summed E-state index contributed by atoms with van der Waals surface area (Å²) in [6, 6.07) is 14.1. The Bertz CT molecular complexity index is 1070. The zero-order chi connectivity index (χ0) is 22.1. The van der Waals surface area contributed by atoms with Gasteiger partial charge in [-0.1, -0.05) is 30.3 Å². The first-order valence-corrected chi connectivity index (χ1v) is 10.1. The van der Waals surface area contributed by atoms with E-state index in [0.717, 1.165) is 12.5 Å². The van der Waals surface area contributed by atoms with Crippen LogP contribution < -0.4 is 0 Å². The fourth-order valence-electron chi connectivity index (χ4n) is 3.11. The Hall–Kier alpha value is -2.92. The lowest BCUT2D eigenvalue weighted by atomic mass is 9.97. The van der Waals surface area contributed by atoms with Crippen LogP contribution in [0.5, 0.6) is 0 Å². The normalized spacial score (nSPS) is 21.3. The van der Waals surface area contributed by atoms with Crippen LogP contribution in [0.1, 0.15) is 36.7 Å². The molecule has 30 heavy (non-hydrogen) atoms. The predicted octanol–water partition coefficient (Wildman–Crippen LogP) is 4.94. The molecular weight excluding hydrogens is 427 g/mol. The number of rotatable bonds is 5. The molecule has 2 atom stereocenters. The molecule has 160 valence electrons. The molecule has 2 aromatic carbocycles. The zero-order valence-electron chi connectivity index (χ0n) is 15.5. The van der Waals surface area contributed by atoms with Crippen molar-refractivity contribution in [3.8, 4) is 0 Å². The third-order valence-corrected chi connectivity index (χ3v) is 5.61. The van der Waals surface area contributed by atoms with Gasteiger partial charge >= 0.3 is 15.6 Å². The average Bonchev–Trinajstić information content (AvgIpc) is 3.13. The lowest BCUT2D eigenvalue weighted by Crippen LogP contribution is -2.25. The molecule has 0 aliphatic carbocycles. The molecule has 3 rings (SSSR count). The minimum Gasteiger partial charge on any atom is -0.381 e. The first-order valence-electron chi connectivity index (χ1n) is 8.65. The molecule has 1 aliphatic heterocycles. The van der Waals surface area contributed by atoms with Crippen LogP contribution in [0.2, 0.25) is 0 Å². The molecule has 1 heterocycles. The summed E-state index contributed by atoms with van der Waals surface area (Å²) >= 11 is 0. The van der Waals surface area contributed by atoms with Crippen molar-refractivity contribution in [3.05, 3.63) is 87.2 Å². The SMILES string of the molecule is CC(OS(=O)(=O)C(F)(F)F)=C1C[C@H](c2ccccc2)O[C@@H]1c1ccc([N+](=O)[O-])cc1. The van der Waals surface area contributed by atoms with E-state index in [1.165, 1.54) is 24.3 Å². The number of halogens is 3. The van der Waals surface area contributed by atoms with Gasteiger partial charge in [0, 0.05) is 24.1 Å². The fourth-order valence-corrected chi connectivity index (χ4v) is 3.64. The summed E-state index contributed by atoms with van der Waals surface area (Å²) in [5.41, 5.74) is -4.39. The number of nitro groups is 1. The molecule has 1 aliphatic rings. The van der Waals surface area contributed by atoms with E-state index in [0.29, 0.717) is 5.56 Å². The van der Waals surface area contributed by atoms with E-state index in [1.54, 1.807) is 30.3 Å². The molecule has 0 unspecified atom stereocenters. The van der Waals surface area contributed by atoms with E-state index in [-0.39, 0.29) is 17.7 Å². The minimum absolute atomic E-state index is 0.0882. The minimum atomic E-state index is -5.84. The number of nitro benzene ring substituents is 1. The Kier molecular flexibility index (Phi) is 5.86. The number of hydrogen-bond acceptors (Lipinski definition) is 6. The molecule has 1 fully saturated rings. The fraction of sp³-hybridized carbons (Fsp3) is 0.263. The quantitative estimate of drug-likeness (QED) is 0.214. The first kappa shape index (κ1) is 21.8. The van der Waals surface area contributed by atoms with Crippen LogP contribution in [0.15, 0.2) is 65.9 Å². The van der Waals surface area contributed by atoms with Crippen molar-refractivity contribution in [1.82, 2.24) is 0 Å². The number of hydrogen-bond donors (Lipinski definition) is 0. The van der Waals surface area contributed by atoms with Gasteiger partial charge in [-0.2, -0.15) is 21.6 Å². The third kappa shape index (κ3) is 4.46. The Labute approximate surface area is 170 Å². The van der Waals surface area contributed by atoms with Crippen LogP contribution in [0.25, 0.3) is 0 Å². The van der Waals surface area contributed by atoms with E-state index >= 15 is 0 Å². The molecular formula is C19H16F3NO6S. The maximum absolute atomic E-state index is 12.7. The third-order valence-electron chi connectivity index (χ3n) is 4.57. The highest BCUT2D eigenvalue weighted by atomic mass is 32.2. The van der Waals surface area contributed by atoms with Crippen molar-refractivity contribution in [2.24, 2.45) is 0 Å². The molecule has 0 saturated carbocycles. The maximum Gasteiger partial charge on any atom is 0.534 e. The highest BCUT2D eigenvalue weighted by molar-refractivity contribution is 7.87. The summed E-state index contributed by atoms with van der Waals surface area (Å²) in [6.45, 7) is 1.12. The molecule has 0 amide bonds. The van der Waals surface area contributed by atoms with Gasteiger partial charge in [0.25, 0.3) is 5.69 Å². The number of allylic oxidation sites excluding steroid dienone is 1. The molecule has 0 radical (unpaired) electrons. The molecule has 7 nitrogen and oxygen atoms in total. The Morgan fingerprint density at radius 3 is 2.23 bits per heavy atom. The van der Waals surface area contributed by atoms with Gasteiger partial charge in [0.05, 0.1) is 11.0 Å². The van der Waals surface area contributed by atoms with Gasteiger partial charge in [0.2, 0.25) is 0 Å². The van der Waals surface area contributed by atoms with Crippen molar-refractivity contribution in [2.75, 3.05) is 0 Å². The van der Waals surface area contributed by atoms with Gasteiger partial charge in [0.1, 0.15) is 11.9 Å². The van der Waals surface area contributed by atoms with Crippen molar-refractivity contribution in [2.45, 2.75) is 31.1 Å². The molecule has 0 aromatic heterocycles. The highest BCUT2D eigenvalue weighted by Gasteiger charge is 2.49. The molecule has 0 N–H and O–H groups in total. The van der Waals surface area contributed by atoms with Gasteiger partial charge < -0.3 is 8.92 Å². The summed E-state index contributed by atoms with van der Waals surface area (Å²) in [5, 5.41) is 10.9. The van der Waals surface area contributed by atoms with Crippen LogP contribution in [0.4, 0.5) is 18.9 Å². The van der Waals surface area contributed by atoms with E-state index in [4.69, 9.17) is 4.74 Å². The van der Waals surface area contributed by atoms with E-state index in [9.17, 15) is 31.7 Å². The van der Waals surface area contributed by atoms with Crippen molar-refractivity contribution < 1.29 is 35.4 Å². The predicted molar refractivity (Wildman–Crippen MR) is 99.5 cm³/mol. The lowest BCUT2D eigenvalue weighted by molar-refractivity contribution is -0.384. The molecule has 0 spiro atoms. The number of nitrogens with zero attached hydrogens (tertiary/aromatic N) is 1. The Morgan fingerprint density at radius 1 is 1.10 bits per heavy atom. The van der Waals surface area contributed by atoms with Gasteiger partial charge in [-0.05, 0) is 30.2 Å². The highest BCUT2D eigenvalue weighted by Crippen LogP contribution is 2.47. The summed E-state index contributed by atoms with van der Waals surface area (Å²) in [7, 11) is -5.84. The zero-order valence-corrected chi connectivity index (χ0v) is 16.3. The maximum atomic E-state index is 12.7. The monoisotopic (exact) mass is 443 g/mol. The van der Waals surface area contributed by atoms with Crippen molar-refractivity contribution in [3.63, 3.8) is 0 Å². The van der Waals surface area contributed by atoms with Crippen molar-refractivity contribution in [1.29, 1.82) is 0 Å². The Morgan fingerprint density at radius 2 is 1.70 bits per heavy atom. The molecule has 0 bridgehead atoms. The van der Waals surface area contributed by atoms with Crippen molar-refractivity contribution >= 4 is 15.8 Å². The summed E-state index contributed by atoms with van der Waals surface area (Å²) in [5.74, 6) is -0.450. The standard InChI is InChI=1S/C19H16F3NO6S/c1-12(29-30(26,27)19(20,21)22)16-11-17(13-5-3-2-4-6-13)28-18(16)14-7-9-15(10-8-14)23(24)25/h2-10,17-18H,11H2,1H3/t17-,18-/m1/s1. The molecule has 11 heteroatoms. The number of benzene rings is 2. The van der Waals surface area contributed by atoms with Gasteiger partial charge in [-0.15, -0.1) is 0 Å². The second kappa shape index (κ2) is 8.07. The second-order valence-electron chi connectivity index (χ2n) is 6.53. The van der Waals surface area contributed by atoms with Crippen LogP contribution in [-0.4, -0.2) is 18.8 Å². The smallest absolute Gasteiger partial charge is 0.381 e. The summed E-state index contributed by atoms with van der Waals surface area (Å²) < 4.78 is 71.4. The summed E-state index contributed by atoms with van der Waals surface area (Å²) in [6.07, 6.45) is -1.40. The number of alkyl halides is 3. The van der Waals surface area contributed by atoms with Crippen LogP contribution in [0.3, 0.4) is 0 Å². The average molecular weight is 443 g/mol. The second-order valence-corrected chi connectivity index (χ2v) is 8.07. The first-order chi connectivity index (χ1) is 14.0. The van der Waals surface area contributed by atoms with Gasteiger partial charge in [-0.3, -0.25) is 10.1 Å². The van der Waals surface area contributed by atoms with E-state index in [2.05, 4.69) is 4.18 Å². The van der Waals surface area contributed by atoms with Crippen LogP contribution in [0, 0.1) is 10.1 Å². The molecule has 2 aromatic rings. The van der Waals surface area contributed by atoms with Gasteiger partial charge in [-0.25, -0.2) is 0 Å². The summed E-state index contributed by atoms with van der Waals surface area (Å²) in [4.78, 5) is 10.3. The largest absolute Gasteiger partial charge is 0.534 e.